The van der Waals surface area contributed by atoms with Gasteiger partial charge in [0.25, 0.3) is 5.56 Å². The molecule has 230 valence electrons. The summed E-state index contributed by atoms with van der Waals surface area (Å²) in [6, 6.07) is 16.3. The first-order valence-corrected chi connectivity index (χ1v) is 15.2. The number of ketones is 1. The summed E-state index contributed by atoms with van der Waals surface area (Å²) in [7, 11) is 0. The van der Waals surface area contributed by atoms with E-state index in [2.05, 4.69) is 30.6 Å². The van der Waals surface area contributed by atoms with E-state index in [1.807, 2.05) is 61.5 Å². The molecule has 2 aromatic carbocycles. The van der Waals surface area contributed by atoms with Gasteiger partial charge in [-0.05, 0) is 37.5 Å². The van der Waals surface area contributed by atoms with Gasteiger partial charge in [-0.25, -0.2) is 9.97 Å². The SMILES string of the molecule is Cc1cccc(-c2ncc(NCc3cccc4cccnc34)c(=O)n2CC(=O)NC(CCCN=C(N)N)C(=O)c2nccs2)c1. The maximum atomic E-state index is 13.9. The molecule has 0 fully saturated rings. The molecule has 1 amide bonds. The van der Waals surface area contributed by atoms with E-state index in [4.69, 9.17) is 11.5 Å². The van der Waals surface area contributed by atoms with Crippen molar-refractivity contribution >= 4 is 45.6 Å². The van der Waals surface area contributed by atoms with Crippen LogP contribution in [0.2, 0.25) is 0 Å². The van der Waals surface area contributed by atoms with Gasteiger partial charge in [0.15, 0.2) is 11.0 Å². The predicted octanol–water partition coefficient (Wildman–Crippen LogP) is 3.26. The van der Waals surface area contributed by atoms with Gasteiger partial charge in [-0.3, -0.25) is 28.9 Å². The predicted molar refractivity (Wildman–Crippen MR) is 176 cm³/mol. The van der Waals surface area contributed by atoms with Crippen LogP contribution < -0.4 is 27.7 Å². The molecule has 1 unspecified atom stereocenters. The van der Waals surface area contributed by atoms with Gasteiger partial charge in [-0.15, -0.1) is 11.3 Å². The number of anilines is 1. The zero-order valence-corrected chi connectivity index (χ0v) is 25.5. The van der Waals surface area contributed by atoms with Gasteiger partial charge in [0.1, 0.15) is 18.1 Å². The number of hydrogen-bond donors (Lipinski definition) is 4. The summed E-state index contributed by atoms with van der Waals surface area (Å²) in [4.78, 5) is 57.8. The Morgan fingerprint density at radius 2 is 1.87 bits per heavy atom. The summed E-state index contributed by atoms with van der Waals surface area (Å²) in [6.07, 6.45) is 5.45. The standard InChI is InChI=1S/C32H33N9O3S/c1-20-6-2-8-22(16-20)29-39-18-25(38-17-23-9-3-7-21-10-4-12-35-27(21)23)31(44)41(29)19-26(42)40-24(11-5-13-37-32(33)34)28(43)30-36-14-15-45-30/h2-4,6-10,12,14-16,18,24,38H,5,11,13,17,19H2,1H3,(H,40,42)(H4,33,34,37). The second-order valence-corrected chi connectivity index (χ2v) is 11.3. The Morgan fingerprint density at radius 1 is 1.04 bits per heavy atom. The van der Waals surface area contributed by atoms with Crippen molar-refractivity contribution in [2.24, 2.45) is 16.5 Å². The molecule has 1 atom stereocenters. The van der Waals surface area contributed by atoms with Crippen molar-refractivity contribution in [3.8, 4) is 11.4 Å². The largest absolute Gasteiger partial charge is 0.375 e. The number of benzene rings is 2. The third-order valence-corrected chi connectivity index (χ3v) is 7.84. The number of amides is 1. The number of rotatable bonds is 13. The Kier molecular flexibility index (Phi) is 9.90. The fourth-order valence-corrected chi connectivity index (χ4v) is 5.56. The number of aromatic nitrogens is 4. The number of thiazole rings is 1. The van der Waals surface area contributed by atoms with Crippen molar-refractivity contribution in [1.29, 1.82) is 0 Å². The summed E-state index contributed by atoms with van der Waals surface area (Å²) in [5.74, 6) is -0.583. The molecule has 5 rings (SSSR count). The lowest BCUT2D eigenvalue weighted by atomic mass is 10.1. The number of hydrogen-bond acceptors (Lipinski definition) is 9. The Hall–Kier alpha value is -5.43. The summed E-state index contributed by atoms with van der Waals surface area (Å²) in [6.45, 7) is 2.18. The molecule has 0 radical (unpaired) electrons. The highest BCUT2D eigenvalue weighted by Crippen LogP contribution is 2.20. The molecule has 3 aromatic heterocycles. The normalized spacial score (nSPS) is 11.6. The number of nitrogens with two attached hydrogens (primary N) is 2. The van der Waals surface area contributed by atoms with Crippen molar-refractivity contribution in [2.75, 3.05) is 11.9 Å². The van der Waals surface area contributed by atoms with Crippen LogP contribution in [0.5, 0.6) is 0 Å². The number of nitrogens with zero attached hydrogens (tertiary/aromatic N) is 5. The van der Waals surface area contributed by atoms with Crippen molar-refractivity contribution in [3.63, 3.8) is 0 Å². The van der Waals surface area contributed by atoms with Crippen LogP contribution in [0.4, 0.5) is 5.69 Å². The van der Waals surface area contributed by atoms with Gasteiger partial charge in [0.05, 0.1) is 17.8 Å². The first kappa shape index (κ1) is 31.0. The highest BCUT2D eigenvalue weighted by Gasteiger charge is 2.25. The molecule has 12 nitrogen and oxygen atoms in total. The Bertz CT molecular complexity index is 1890. The minimum Gasteiger partial charge on any atom is -0.375 e. The lowest BCUT2D eigenvalue weighted by molar-refractivity contribution is -0.122. The summed E-state index contributed by atoms with van der Waals surface area (Å²) in [5.41, 5.74) is 14.0. The van der Waals surface area contributed by atoms with Crippen molar-refractivity contribution in [2.45, 2.75) is 38.9 Å². The van der Waals surface area contributed by atoms with Crippen LogP contribution in [0.3, 0.4) is 0 Å². The van der Waals surface area contributed by atoms with Crippen LogP contribution in [0.1, 0.15) is 33.8 Å². The lowest BCUT2D eigenvalue weighted by Gasteiger charge is -2.19. The third-order valence-electron chi connectivity index (χ3n) is 7.05. The molecule has 0 bridgehead atoms. The molecule has 0 saturated heterocycles. The average molecular weight is 624 g/mol. The second-order valence-electron chi connectivity index (χ2n) is 10.4. The molecule has 5 aromatic rings. The zero-order chi connectivity index (χ0) is 31.8. The molecule has 6 N–H and O–H groups in total. The summed E-state index contributed by atoms with van der Waals surface area (Å²) >= 11 is 1.19. The van der Waals surface area contributed by atoms with Gasteiger partial charge < -0.3 is 22.1 Å². The second kappa shape index (κ2) is 14.4. The highest BCUT2D eigenvalue weighted by molar-refractivity contribution is 7.11. The lowest BCUT2D eigenvalue weighted by Crippen LogP contribution is -2.44. The van der Waals surface area contributed by atoms with Crippen LogP contribution in [0, 0.1) is 6.92 Å². The molecule has 0 aliphatic carbocycles. The third kappa shape index (κ3) is 7.75. The topological polar surface area (TPSA) is 183 Å². The first-order valence-electron chi connectivity index (χ1n) is 14.3. The number of fused-ring (bicyclic) bond motifs is 1. The number of Topliss-reactive ketones (excluding diaryl/α,β-unsaturated/α-hetero) is 1. The molecule has 0 saturated carbocycles. The maximum absolute atomic E-state index is 13.9. The minimum atomic E-state index is -0.885. The van der Waals surface area contributed by atoms with E-state index in [-0.39, 0.29) is 35.4 Å². The quantitative estimate of drug-likeness (QED) is 0.0662. The van der Waals surface area contributed by atoms with Crippen molar-refractivity contribution in [3.05, 3.63) is 105 Å². The number of carbonyl (C=O) groups is 2. The van der Waals surface area contributed by atoms with Crippen LogP contribution in [0.25, 0.3) is 22.3 Å². The highest BCUT2D eigenvalue weighted by atomic mass is 32.1. The molecule has 3 heterocycles. The number of carbonyl (C=O) groups excluding carboxylic acids is 2. The molecule has 0 aliphatic rings. The minimum absolute atomic E-state index is 0.0532. The number of para-hydroxylation sites is 1. The van der Waals surface area contributed by atoms with Gasteiger partial charge in [-0.1, -0.05) is 48.0 Å². The summed E-state index contributed by atoms with van der Waals surface area (Å²) in [5, 5.41) is 8.94. The van der Waals surface area contributed by atoms with E-state index >= 15 is 0 Å². The molecule has 13 heteroatoms. The molecule has 45 heavy (non-hydrogen) atoms. The van der Waals surface area contributed by atoms with E-state index in [1.54, 1.807) is 11.6 Å². The Morgan fingerprint density at radius 3 is 2.64 bits per heavy atom. The number of guanidine groups is 1. The van der Waals surface area contributed by atoms with Crippen LogP contribution in [0.15, 0.2) is 88.4 Å². The summed E-state index contributed by atoms with van der Waals surface area (Å²) < 4.78 is 1.32. The molecular formula is C32H33N9O3S. The number of nitrogens with one attached hydrogen (secondary N) is 2. The number of aryl methyl sites for hydroxylation is 1. The number of aliphatic imine (C=N–C) groups is 1. The first-order chi connectivity index (χ1) is 21.8. The van der Waals surface area contributed by atoms with E-state index in [9.17, 15) is 14.4 Å². The van der Waals surface area contributed by atoms with Crippen LogP contribution in [-0.4, -0.2) is 49.8 Å². The van der Waals surface area contributed by atoms with Crippen LogP contribution in [-0.2, 0) is 17.9 Å². The molecular weight excluding hydrogens is 590 g/mol. The Balaban J connectivity index is 1.42. The van der Waals surface area contributed by atoms with Gasteiger partial charge in [0, 0.05) is 41.8 Å². The average Bonchev–Trinajstić information content (AvgIpc) is 3.58. The van der Waals surface area contributed by atoms with E-state index < -0.39 is 17.5 Å². The van der Waals surface area contributed by atoms with Gasteiger partial charge in [-0.2, -0.15) is 0 Å². The van der Waals surface area contributed by atoms with Crippen molar-refractivity contribution < 1.29 is 9.59 Å². The number of pyridine rings is 1. The monoisotopic (exact) mass is 623 g/mol. The smallest absolute Gasteiger partial charge is 0.277 e. The van der Waals surface area contributed by atoms with Crippen LogP contribution >= 0.6 is 11.3 Å². The van der Waals surface area contributed by atoms with Gasteiger partial charge in [0.2, 0.25) is 11.7 Å². The van der Waals surface area contributed by atoms with E-state index in [0.717, 1.165) is 22.0 Å². The maximum Gasteiger partial charge on any atom is 0.277 e. The Labute approximate surface area is 263 Å². The molecule has 0 aliphatic heterocycles. The zero-order valence-electron chi connectivity index (χ0n) is 24.6. The van der Waals surface area contributed by atoms with Gasteiger partial charge >= 0.3 is 0 Å². The van der Waals surface area contributed by atoms with Crippen molar-refractivity contribution in [1.82, 2.24) is 24.8 Å². The van der Waals surface area contributed by atoms with E-state index in [1.165, 1.54) is 28.3 Å². The fraction of sp³-hybridized carbons (Fsp3) is 0.219. The molecule has 0 spiro atoms. The van der Waals surface area contributed by atoms with E-state index in [0.29, 0.717) is 30.9 Å². The fourth-order valence-electron chi connectivity index (χ4n) is 4.93.